The van der Waals surface area contributed by atoms with E-state index in [1.807, 2.05) is 13.0 Å². The topological polar surface area (TPSA) is 107 Å². The van der Waals surface area contributed by atoms with Crippen LogP contribution in [0.15, 0.2) is 53.7 Å². The molecule has 2 aliphatic rings. The molecule has 9 nitrogen and oxygen atoms in total. The van der Waals surface area contributed by atoms with Crippen LogP contribution in [0.2, 0.25) is 0 Å². The van der Waals surface area contributed by atoms with Gasteiger partial charge < -0.3 is 19.8 Å². The summed E-state index contributed by atoms with van der Waals surface area (Å²) in [5.74, 6) is -0.624. The van der Waals surface area contributed by atoms with Crippen molar-refractivity contribution in [2.24, 2.45) is 7.05 Å². The van der Waals surface area contributed by atoms with Gasteiger partial charge in [0.15, 0.2) is 5.82 Å². The molecular weight excluding hydrogens is 578 g/mol. The summed E-state index contributed by atoms with van der Waals surface area (Å²) in [6.45, 7) is 0.707. The highest BCUT2D eigenvalue weighted by molar-refractivity contribution is 6.04. The second-order valence-electron chi connectivity index (χ2n) is 11.9. The first-order chi connectivity index (χ1) is 20.9. The lowest BCUT2D eigenvalue weighted by Crippen LogP contribution is -2.47. The number of halogens is 4. The molecular formula is C31H31F4N7O2. The molecule has 0 atom stereocenters. The van der Waals surface area contributed by atoms with Gasteiger partial charge in [0, 0.05) is 42.5 Å². The Morgan fingerprint density at radius 2 is 1.89 bits per heavy atom. The smallest absolute Gasteiger partial charge is 0.317 e. The molecule has 4 aromatic rings. The number of amides is 1. The first-order valence-electron chi connectivity index (χ1n) is 14.4. The van der Waals surface area contributed by atoms with Gasteiger partial charge in [-0.3, -0.25) is 9.59 Å². The quantitative estimate of drug-likeness (QED) is 0.241. The highest BCUT2D eigenvalue weighted by Gasteiger charge is 2.32. The molecule has 3 aromatic heterocycles. The number of carbonyl (C=O) groups excluding carboxylic acids is 1. The Labute approximate surface area is 250 Å². The third kappa shape index (κ3) is 6.42. The SMILES string of the molecule is Cn1cnnc1-c1cc(F)ccc1-c1cc(NC(=O)c2cc(CNC3(C)CCC3)cn(CC(F)(F)F)c2=O)nc(C2CC2)c1. The molecule has 1 aromatic carbocycles. The number of hydrogen-bond acceptors (Lipinski definition) is 6. The molecule has 230 valence electrons. The number of nitrogens with zero attached hydrogens (tertiary/aromatic N) is 5. The number of aryl methyl sites for hydroxylation is 1. The van der Waals surface area contributed by atoms with Crippen LogP contribution in [-0.2, 0) is 20.1 Å². The normalized spacial score (nSPS) is 16.0. The lowest BCUT2D eigenvalue weighted by atomic mass is 9.78. The molecule has 0 radical (unpaired) electrons. The average Bonchev–Trinajstić information content (AvgIpc) is 3.71. The summed E-state index contributed by atoms with van der Waals surface area (Å²) in [4.78, 5) is 31.2. The maximum atomic E-state index is 14.4. The Balaban J connectivity index is 1.36. The van der Waals surface area contributed by atoms with Crippen molar-refractivity contribution < 1.29 is 22.4 Å². The van der Waals surface area contributed by atoms with Crippen molar-refractivity contribution in [3.8, 4) is 22.5 Å². The Bertz CT molecular complexity index is 1790. The summed E-state index contributed by atoms with van der Waals surface area (Å²) in [5, 5.41) is 14.0. The van der Waals surface area contributed by atoms with E-state index in [0.717, 1.165) is 38.3 Å². The zero-order valence-corrected chi connectivity index (χ0v) is 24.2. The minimum Gasteiger partial charge on any atom is -0.317 e. The van der Waals surface area contributed by atoms with E-state index < -0.39 is 35.6 Å². The molecule has 1 amide bonds. The van der Waals surface area contributed by atoms with Crippen molar-refractivity contribution in [3.63, 3.8) is 0 Å². The van der Waals surface area contributed by atoms with Gasteiger partial charge >= 0.3 is 6.18 Å². The van der Waals surface area contributed by atoms with E-state index in [4.69, 9.17) is 0 Å². The van der Waals surface area contributed by atoms with Gasteiger partial charge in [-0.15, -0.1) is 10.2 Å². The number of hydrogen-bond donors (Lipinski definition) is 2. The molecule has 6 rings (SSSR count). The molecule has 2 fully saturated rings. The molecule has 3 heterocycles. The molecule has 0 saturated heterocycles. The van der Waals surface area contributed by atoms with Gasteiger partial charge in [-0.25, -0.2) is 9.37 Å². The number of aromatic nitrogens is 5. The molecule has 0 bridgehead atoms. The minimum absolute atomic E-state index is 0.120. The highest BCUT2D eigenvalue weighted by Crippen LogP contribution is 2.42. The number of pyridine rings is 2. The van der Waals surface area contributed by atoms with Gasteiger partial charge in [-0.1, -0.05) is 6.07 Å². The van der Waals surface area contributed by atoms with E-state index in [9.17, 15) is 27.2 Å². The third-order valence-corrected chi connectivity index (χ3v) is 8.24. The van der Waals surface area contributed by atoms with Gasteiger partial charge in [0.2, 0.25) is 0 Å². The Morgan fingerprint density at radius 1 is 1.11 bits per heavy atom. The predicted octanol–water partition coefficient (Wildman–Crippen LogP) is 5.57. The number of rotatable bonds is 9. The maximum absolute atomic E-state index is 14.4. The monoisotopic (exact) mass is 609 g/mol. The van der Waals surface area contributed by atoms with Crippen LogP contribution in [0.25, 0.3) is 22.5 Å². The number of nitrogens with one attached hydrogen (secondary N) is 2. The molecule has 0 unspecified atom stereocenters. The zero-order chi connectivity index (χ0) is 31.2. The van der Waals surface area contributed by atoms with Crippen LogP contribution >= 0.6 is 0 Å². The fourth-order valence-corrected chi connectivity index (χ4v) is 5.49. The number of benzene rings is 1. The summed E-state index contributed by atoms with van der Waals surface area (Å²) >= 11 is 0. The first-order valence-corrected chi connectivity index (χ1v) is 14.4. The molecule has 2 saturated carbocycles. The largest absolute Gasteiger partial charge is 0.406 e. The number of carbonyl (C=O) groups is 1. The Kier molecular flexibility index (Phi) is 7.60. The van der Waals surface area contributed by atoms with Crippen LogP contribution in [0, 0.1) is 5.82 Å². The summed E-state index contributed by atoms with van der Waals surface area (Å²) in [5.41, 5.74) is 1.18. The second-order valence-corrected chi connectivity index (χ2v) is 11.9. The summed E-state index contributed by atoms with van der Waals surface area (Å²) in [6, 6.07) is 9.06. The molecule has 2 N–H and O–H groups in total. The van der Waals surface area contributed by atoms with Crippen LogP contribution in [0.3, 0.4) is 0 Å². The van der Waals surface area contributed by atoms with Gasteiger partial charge in [-0.05, 0) is 86.1 Å². The van der Waals surface area contributed by atoms with Crippen LogP contribution in [-0.4, -0.2) is 41.9 Å². The van der Waals surface area contributed by atoms with E-state index in [0.29, 0.717) is 38.3 Å². The van der Waals surface area contributed by atoms with Gasteiger partial charge in [-0.2, -0.15) is 13.2 Å². The summed E-state index contributed by atoms with van der Waals surface area (Å²) in [7, 11) is 1.74. The van der Waals surface area contributed by atoms with E-state index in [-0.39, 0.29) is 23.8 Å². The minimum atomic E-state index is -4.66. The van der Waals surface area contributed by atoms with E-state index in [1.165, 1.54) is 24.5 Å². The predicted molar refractivity (Wildman–Crippen MR) is 155 cm³/mol. The van der Waals surface area contributed by atoms with Crippen LogP contribution in [0.5, 0.6) is 0 Å². The van der Waals surface area contributed by atoms with Crippen LogP contribution in [0.4, 0.5) is 23.4 Å². The van der Waals surface area contributed by atoms with Crippen molar-refractivity contribution in [3.05, 3.63) is 81.9 Å². The Morgan fingerprint density at radius 3 is 2.52 bits per heavy atom. The van der Waals surface area contributed by atoms with E-state index >= 15 is 0 Å². The fourth-order valence-electron chi connectivity index (χ4n) is 5.49. The van der Waals surface area contributed by atoms with Crippen molar-refractivity contribution in [2.75, 3.05) is 5.32 Å². The number of anilines is 1. The van der Waals surface area contributed by atoms with Crippen molar-refractivity contribution >= 4 is 11.7 Å². The first kappa shape index (κ1) is 29.7. The van der Waals surface area contributed by atoms with Crippen molar-refractivity contribution in [1.82, 2.24) is 29.6 Å². The lowest BCUT2D eigenvalue weighted by molar-refractivity contribution is -0.141. The molecule has 44 heavy (non-hydrogen) atoms. The van der Waals surface area contributed by atoms with E-state index in [2.05, 4.69) is 25.8 Å². The van der Waals surface area contributed by atoms with Crippen LogP contribution in [0.1, 0.15) is 66.6 Å². The standard InChI is InChI=1S/C31H31F4N7O2/c1-30(8-3-9-30)36-14-18-10-24(29(44)42(15-18)16-31(33,34)35)28(43)39-26-12-20(11-25(38-26)19-4-5-19)22-7-6-21(32)13-23(22)27-40-37-17-41(27)2/h6-7,10-13,15,17,19,36H,3-5,8-9,14,16H2,1-2H3,(H,38,39,43). The van der Waals surface area contributed by atoms with E-state index in [1.54, 1.807) is 23.7 Å². The molecule has 13 heteroatoms. The van der Waals surface area contributed by atoms with Crippen molar-refractivity contribution in [2.45, 2.75) is 69.8 Å². The summed E-state index contributed by atoms with van der Waals surface area (Å²) < 4.78 is 56.6. The second kappa shape index (κ2) is 11.3. The molecule has 2 aliphatic carbocycles. The highest BCUT2D eigenvalue weighted by atomic mass is 19.4. The molecule has 0 spiro atoms. The summed E-state index contributed by atoms with van der Waals surface area (Å²) in [6.07, 6.45) is 2.71. The van der Waals surface area contributed by atoms with Gasteiger partial charge in [0.1, 0.15) is 30.1 Å². The Hall–Kier alpha value is -4.39. The van der Waals surface area contributed by atoms with Crippen LogP contribution < -0.4 is 16.2 Å². The fraction of sp³-hybridized carbons (Fsp3) is 0.387. The number of alkyl halides is 3. The average molecular weight is 610 g/mol. The lowest BCUT2D eigenvalue weighted by Gasteiger charge is -2.39. The van der Waals surface area contributed by atoms with Crippen molar-refractivity contribution in [1.29, 1.82) is 0 Å². The third-order valence-electron chi connectivity index (χ3n) is 8.24. The maximum Gasteiger partial charge on any atom is 0.406 e. The van der Waals surface area contributed by atoms with Gasteiger partial charge in [0.05, 0.1) is 0 Å². The zero-order valence-electron chi connectivity index (χ0n) is 24.2. The molecule has 0 aliphatic heterocycles. The van der Waals surface area contributed by atoms with Gasteiger partial charge in [0.25, 0.3) is 11.5 Å².